The topological polar surface area (TPSA) is 0 Å². The van der Waals surface area contributed by atoms with Crippen molar-refractivity contribution in [2.75, 3.05) is 6.16 Å². The molecule has 0 fully saturated rings. The van der Waals surface area contributed by atoms with Crippen LogP contribution in [0, 0.1) is 6.92 Å². The van der Waals surface area contributed by atoms with Gasteiger partial charge in [-0.1, -0.05) is 67.1 Å². The van der Waals surface area contributed by atoms with Crippen molar-refractivity contribution in [3.63, 3.8) is 0 Å². The van der Waals surface area contributed by atoms with Crippen molar-refractivity contribution in [2.45, 2.75) is 32.3 Å². The predicted molar refractivity (Wildman–Crippen MR) is 112 cm³/mol. The van der Waals surface area contributed by atoms with E-state index in [0.29, 0.717) is 5.92 Å². The Kier molecular flexibility index (Phi) is 4.48. The lowest BCUT2D eigenvalue weighted by atomic mass is 9.92. The van der Waals surface area contributed by atoms with E-state index >= 15 is 0 Å². The monoisotopic (exact) mass is 345 g/mol. The molecule has 3 aromatic rings. The zero-order chi connectivity index (χ0) is 17.3. The van der Waals surface area contributed by atoms with E-state index in [1.54, 1.807) is 21.7 Å². The Morgan fingerprint density at radius 3 is 2.00 bits per heavy atom. The van der Waals surface area contributed by atoms with Gasteiger partial charge < -0.3 is 0 Å². The van der Waals surface area contributed by atoms with Gasteiger partial charge in [-0.05, 0) is 48.7 Å². The summed E-state index contributed by atoms with van der Waals surface area (Å²) in [5.74, 6) is 0.665. The first-order valence-corrected chi connectivity index (χ1v) is 11.5. The van der Waals surface area contributed by atoms with Gasteiger partial charge in [0.25, 0.3) is 0 Å². The van der Waals surface area contributed by atoms with Crippen LogP contribution in [-0.2, 0) is 6.16 Å². The molecule has 0 N–H and O–H groups in total. The van der Waals surface area contributed by atoms with Gasteiger partial charge in [0.1, 0.15) is 0 Å². The SMILES string of the molecule is CCC1C[P+](c2ccccc2)(c2ccccc2)Cc2cc(C)ccc21. The van der Waals surface area contributed by atoms with E-state index in [9.17, 15) is 0 Å². The van der Waals surface area contributed by atoms with Gasteiger partial charge in [0.2, 0.25) is 0 Å². The standard InChI is InChI=1S/C24H26P/c1-3-20-17-25(22-10-6-4-7-11-22,23-12-8-5-9-13-23)18-21-16-19(2)14-15-24(20)21/h4-16,20H,3,17-18H2,1-2H3/q+1. The molecule has 1 aliphatic heterocycles. The Hall–Kier alpha value is -1.91. The van der Waals surface area contributed by atoms with Crippen LogP contribution in [0.5, 0.6) is 0 Å². The fourth-order valence-corrected chi connectivity index (χ4v) is 9.18. The Balaban J connectivity index is 1.93. The second kappa shape index (κ2) is 6.77. The van der Waals surface area contributed by atoms with Crippen LogP contribution in [-0.4, -0.2) is 6.16 Å². The Morgan fingerprint density at radius 2 is 1.44 bits per heavy atom. The van der Waals surface area contributed by atoms with Gasteiger partial charge in [-0.25, -0.2) is 0 Å². The first-order chi connectivity index (χ1) is 12.2. The molecule has 0 radical (unpaired) electrons. The molecule has 1 unspecified atom stereocenters. The van der Waals surface area contributed by atoms with Gasteiger partial charge in [0.15, 0.2) is 0 Å². The fourth-order valence-electron chi connectivity index (χ4n) is 4.42. The normalized spacial score (nSPS) is 18.6. The van der Waals surface area contributed by atoms with Gasteiger partial charge >= 0.3 is 0 Å². The zero-order valence-electron chi connectivity index (χ0n) is 15.2. The molecule has 0 saturated heterocycles. The zero-order valence-corrected chi connectivity index (χ0v) is 16.0. The summed E-state index contributed by atoms with van der Waals surface area (Å²) in [7, 11) is -1.42. The molecule has 3 aromatic carbocycles. The van der Waals surface area contributed by atoms with Crippen LogP contribution in [0.2, 0.25) is 0 Å². The molecule has 1 heteroatoms. The summed E-state index contributed by atoms with van der Waals surface area (Å²) in [5, 5.41) is 3.12. The summed E-state index contributed by atoms with van der Waals surface area (Å²) in [4.78, 5) is 0. The van der Waals surface area contributed by atoms with E-state index in [-0.39, 0.29) is 0 Å². The van der Waals surface area contributed by atoms with Crippen LogP contribution >= 0.6 is 7.26 Å². The van der Waals surface area contributed by atoms with Gasteiger partial charge in [-0.2, -0.15) is 0 Å². The van der Waals surface area contributed by atoms with Gasteiger partial charge in [0.05, 0.1) is 30.2 Å². The largest absolute Gasteiger partial charge is 0.0995 e. The highest BCUT2D eigenvalue weighted by Crippen LogP contribution is 2.65. The van der Waals surface area contributed by atoms with Crippen molar-refractivity contribution in [3.8, 4) is 0 Å². The van der Waals surface area contributed by atoms with Gasteiger partial charge in [-0.3, -0.25) is 0 Å². The minimum Gasteiger partial charge on any atom is -0.0647 e. The maximum absolute atomic E-state index is 2.44. The van der Waals surface area contributed by atoms with Crippen molar-refractivity contribution < 1.29 is 0 Å². The fraction of sp³-hybridized carbons (Fsp3) is 0.250. The molecule has 0 saturated carbocycles. The molecule has 4 rings (SSSR count). The van der Waals surface area contributed by atoms with Crippen molar-refractivity contribution in [1.29, 1.82) is 0 Å². The third-order valence-electron chi connectivity index (χ3n) is 5.70. The van der Waals surface area contributed by atoms with Gasteiger partial charge in [-0.15, -0.1) is 0 Å². The van der Waals surface area contributed by atoms with E-state index in [2.05, 4.69) is 92.7 Å². The highest BCUT2D eigenvalue weighted by Gasteiger charge is 2.48. The number of hydrogen-bond acceptors (Lipinski definition) is 0. The van der Waals surface area contributed by atoms with Crippen molar-refractivity contribution >= 4 is 17.9 Å². The second-order valence-electron chi connectivity index (χ2n) is 7.29. The molecule has 1 atom stereocenters. The number of rotatable bonds is 3. The highest BCUT2D eigenvalue weighted by atomic mass is 31.2. The van der Waals surface area contributed by atoms with Crippen LogP contribution in [0.25, 0.3) is 0 Å². The first-order valence-electron chi connectivity index (χ1n) is 9.30. The van der Waals surface area contributed by atoms with Gasteiger partial charge in [0, 0.05) is 5.92 Å². The van der Waals surface area contributed by atoms with Crippen LogP contribution in [0.1, 0.15) is 36.0 Å². The molecule has 0 amide bonds. The summed E-state index contributed by atoms with van der Waals surface area (Å²) in [6.45, 7) is 4.57. The van der Waals surface area contributed by atoms with Crippen LogP contribution < -0.4 is 10.6 Å². The van der Waals surface area contributed by atoms with Crippen LogP contribution in [0.4, 0.5) is 0 Å². The number of hydrogen-bond donors (Lipinski definition) is 0. The lowest BCUT2D eigenvalue weighted by molar-refractivity contribution is 0.721. The summed E-state index contributed by atoms with van der Waals surface area (Å²) in [6, 6.07) is 29.7. The van der Waals surface area contributed by atoms with Crippen LogP contribution in [0.15, 0.2) is 78.9 Å². The third-order valence-corrected chi connectivity index (χ3v) is 10.2. The predicted octanol–water partition coefficient (Wildman–Crippen LogP) is 5.67. The molecule has 0 aliphatic carbocycles. The molecule has 0 bridgehead atoms. The minimum atomic E-state index is -1.42. The summed E-state index contributed by atoms with van der Waals surface area (Å²) in [6.07, 6.45) is 3.72. The lowest BCUT2D eigenvalue weighted by Crippen LogP contribution is -2.32. The van der Waals surface area contributed by atoms with Crippen molar-refractivity contribution in [3.05, 3.63) is 95.6 Å². The van der Waals surface area contributed by atoms with Crippen molar-refractivity contribution in [2.24, 2.45) is 0 Å². The number of aryl methyl sites for hydroxylation is 1. The van der Waals surface area contributed by atoms with E-state index in [0.717, 1.165) is 0 Å². The average molecular weight is 345 g/mol. The highest BCUT2D eigenvalue weighted by molar-refractivity contribution is 7.89. The molecule has 0 spiro atoms. The third kappa shape index (κ3) is 2.94. The minimum absolute atomic E-state index is 0.665. The average Bonchev–Trinajstić information content (AvgIpc) is 2.68. The first kappa shape index (κ1) is 16.6. The van der Waals surface area contributed by atoms with E-state index < -0.39 is 7.26 Å². The quantitative estimate of drug-likeness (QED) is 0.537. The van der Waals surface area contributed by atoms with Crippen LogP contribution in [0.3, 0.4) is 0 Å². The molecule has 1 aliphatic rings. The molecular formula is C24H26P+. The summed E-state index contributed by atoms with van der Waals surface area (Å²) in [5.41, 5.74) is 4.56. The summed E-state index contributed by atoms with van der Waals surface area (Å²) >= 11 is 0. The number of benzene rings is 3. The maximum atomic E-state index is 2.44. The molecule has 0 aromatic heterocycles. The number of fused-ring (bicyclic) bond motifs is 1. The van der Waals surface area contributed by atoms with E-state index in [4.69, 9.17) is 0 Å². The summed E-state index contributed by atoms with van der Waals surface area (Å²) < 4.78 is 0. The Bertz CT molecular complexity index is 812. The van der Waals surface area contributed by atoms with E-state index in [1.165, 1.54) is 24.3 Å². The smallest absolute Gasteiger partial charge is 0.0647 e. The Morgan fingerprint density at radius 1 is 0.840 bits per heavy atom. The molecular weight excluding hydrogens is 319 g/mol. The molecule has 1 heterocycles. The Labute approximate surface area is 152 Å². The van der Waals surface area contributed by atoms with Crippen molar-refractivity contribution in [1.82, 2.24) is 0 Å². The second-order valence-corrected chi connectivity index (χ2v) is 10.9. The molecule has 126 valence electrons. The lowest BCUT2D eigenvalue weighted by Gasteiger charge is -2.36. The van der Waals surface area contributed by atoms with E-state index in [1.807, 2.05) is 0 Å². The molecule has 0 nitrogen and oxygen atoms in total. The molecule has 25 heavy (non-hydrogen) atoms. The maximum Gasteiger partial charge on any atom is 0.0995 e.